The number of nitrogens with zero attached hydrogens (tertiary/aromatic N) is 2. The minimum atomic E-state index is -0.963. The molecular formula is C27H23N3O4S. The van der Waals surface area contributed by atoms with Crippen LogP contribution in [0.4, 0.5) is 0 Å². The number of nitrogens with one attached hydrogen (secondary N) is 1. The van der Waals surface area contributed by atoms with Crippen molar-refractivity contribution in [3.05, 3.63) is 108 Å². The first-order valence-corrected chi connectivity index (χ1v) is 11.5. The van der Waals surface area contributed by atoms with Crippen molar-refractivity contribution in [2.45, 2.75) is 18.6 Å². The third-order valence-electron chi connectivity index (χ3n) is 6.04. The van der Waals surface area contributed by atoms with Crippen LogP contribution in [0.5, 0.6) is 5.75 Å². The number of hydrogen-bond acceptors (Lipinski definition) is 5. The Morgan fingerprint density at radius 2 is 1.86 bits per heavy atom. The topological polar surface area (TPSA) is 87.8 Å². The number of methoxy groups -OCH3 is 1. The van der Waals surface area contributed by atoms with Gasteiger partial charge in [0.2, 0.25) is 0 Å². The van der Waals surface area contributed by atoms with E-state index in [0.717, 1.165) is 28.3 Å². The molecule has 0 aliphatic carbocycles. The minimum Gasteiger partial charge on any atom is -0.497 e. The zero-order valence-corrected chi connectivity index (χ0v) is 19.7. The first-order valence-electron chi connectivity index (χ1n) is 11.1. The summed E-state index contributed by atoms with van der Waals surface area (Å²) in [6.07, 6.45) is 1.76. The average molecular weight is 486 g/mol. The van der Waals surface area contributed by atoms with Crippen LogP contribution >= 0.6 is 12.2 Å². The summed E-state index contributed by atoms with van der Waals surface area (Å²) in [7, 11) is 1.64. The summed E-state index contributed by atoms with van der Waals surface area (Å²) in [5, 5.41) is 13.2. The lowest BCUT2D eigenvalue weighted by molar-refractivity contribution is 0.0697. The molecule has 0 amide bonds. The molecule has 2 atom stereocenters. The number of pyridine rings is 1. The van der Waals surface area contributed by atoms with E-state index in [2.05, 4.69) is 15.2 Å². The lowest BCUT2D eigenvalue weighted by atomic mass is 10.0. The molecule has 1 saturated heterocycles. The van der Waals surface area contributed by atoms with Crippen LogP contribution in [-0.2, 0) is 6.54 Å². The van der Waals surface area contributed by atoms with Crippen LogP contribution in [0.25, 0.3) is 11.3 Å². The van der Waals surface area contributed by atoms with Crippen LogP contribution < -0.4 is 10.1 Å². The van der Waals surface area contributed by atoms with Gasteiger partial charge in [-0.25, -0.2) is 4.79 Å². The van der Waals surface area contributed by atoms with Crippen LogP contribution in [0.1, 0.15) is 39.5 Å². The second-order valence-electron chi connectivity index (χ2n) is 8.19. The number of furan rings is 1. The molecule has 5 rings (SSSR count). The molecule has 4 aromatic rings. The second kappa shape index (κ2) is 9.60. The highest BCUT2D eigenvalue weighted by Gasteiger charge is 2.41. The standard InChI is InChI=1S/C27H23N3O4S/c1-33-20-11-5-17(6-12-20)16-30-25(24(29-27(30)35)21-4-2-3-15-28-21)23-14-13-22(34-23)18-7-9-19(10-8-18)26(31)32/h2-15,24-25H,16H2,1H3,(H,29,35)(H,31,32)/t24-,25-/m0/s1. The Kier molecular flexibility index (Phi) is 6.20. The maximum atomic E-state index is 11.2. The van der Waals surface area contributed by atoms with Crippen LogP contribution in [0.15, 0.2) is 89.5 Å². The molecule has 7 nitrogen and oxygen atoms in total. The van der Waals surface area contributed by atoms with Gasteiger partial charge < -0.3 is 24.5 Å². The summed E-state index contributed by atoms with van der Waals surface area (Å²) in [4.78, 5) is 17.9. The summed E-state index contributed by atoms with van der Waals surface area (Å²) in [5.41, 5.74) is 2.97. The van der Waals surface area contributed by atoms with Crippen LogP contribution in [0.3, 0.4) is 0 Å². The molecule has 0 saturated carbocycles. The molecule has 2 N–H and O–H groups in total. The molecule has 8 heteroatoms. The number of carbonyl (C=O) groups is 1. The fourth-order valence-corrected chi connectivity index (χ4v) is 4.56. The van der Waals surface area contributed by atoms with Crippen molar-refractivity contribution in [3.63, 3.8) is 0 Å². The number of thiocarbonyl (C=S) groups is 1. The van der Waals surface area contributed by atoms with Gasteiger partial charge in [0.15, 0.2) is 5.11 Å². The molecule has 176 valence electrons. The van der Waals surface area contributed by atoms with Crippen molar-refractivity contribution >= 4 is 23.3 Å². The molecule has 0 bridgehead atoms. The SMILES string of the molecule is COc1ccc(CN2C(=S)N[C@@H](c3ccccn3)[C@@H]2c2ccc(-c3ccc(C(=O)O)cc3)o2)cc1. The Morgan fingerprint density at radius 3 is 2.51 bits per heavy atom. The largest absolute Gasteiger partial charge is 0.497 e. The number of carboxylic acid groups (broad SMARTS) is 1. The number of aromatic carboxylic acids is 1. The number of carboxylic acids is 1. The predicted molar refractivity (Wildman–Crippen MR) is 135 cm³/mol. The van der Waals surface area contributed by atoms with Crippen molar-refractivity contribution in [2.75, 3.05) is 7.11 Å². The van der Waals surface area contributed by atoms with Crippen LogP contribution in [0.2, 0.25) is 0 Å². The Balaban J connectivity index is 1.49. The number of hydrogen-bond donors (Lipinski definition) is 2. The molecule has 2 aromatic carbocycles. The summed E-state index contributed by atoms with van der Waals surface area (Å²) < 4.78 is 11.6. The van der Waals surface area contributed by atoms with Gasteiger partial charge in [-0.1, -0.05) is 30.3 Å². The van der Waals surface area contributed by atoms with E-state index in [-0.39, 0.29) is 17.6 Å². The van der Waals surface area contributed by atoms with Gasteiger partial charge in [0.05, 0.1) is 24.4 Å². The van der Waals surface area contributed by atoms with Gasteiger partial charge in [-0.2, -0.15) is 0 Å². The summed E-state index contributed by atoms with van der Waals surface area (Å²) in [6.45, 7) is 0.577. The van der Waals surface area contributed by atoms with Crippen molar-refractivity contribution in [1.82, 2.24) is 15.2 Å². The van der Waals surface area contributed by atoms with Crippen molar-refractivity contribution in [1.29, 1.82) is 0 Å². The monoisotopic (exact) mass is 485 g/mol. The fraction of sp³-hybridized carbons (Fsp3) is 0.148. The lowest BCUT2D eigenvalue weighted by Gasteiger charge is -2.26. The van der Waals surface area contributed by atoms with Crippen molar-refractivity contribution in [3.8, 4) is 17.1 Å². The minimum absolute atomic E-state index is 0.199. The predicted octanol–water partition coefficient (Wildman–Crippen LogP) is 5.22. The molecule has 35 heavy (non-hydrogen) atoms. The maximum absolute atomic E-state index is 11.2. The number of aromatic nitrogens is 1. The molecule has 0 radical (unpaired) electrons. The number of rotatable bonds is 7. The van der Waals surface area contributed by atoms with Crippen LogP contribution in [-0.4, -0.2) is 33.2 Å². The zero-order chi connectivity index (χ0) is 24.4. The fourth-order valence-electron chi connectivity index (χ4n) is 4.26. The Hall–Kier alpha value is -4.17. The van der Waals surface area contributed by atoms with Gasteiger partial charge in [0.1, 0.15) is 23.3 Å². The Bertz CT molecular complexity index is 1340. The highest BCUT2D eigenvalue weighted by Crippen LogP contribution is 2.41. The molecular weight excluding hydrogens is 462 g/mol. The Morgan fingerprint density at radius 1 is 1.09 bits per heavy atom. The van der Waals surface area contributed by atoms with Gasteiger partial charge in [0.25, 0.3) is 0 Å². The van der Waals surface area contributed by atoms with Gasteiger partial charge in [0, 0.05) is 18.3 Å². The first-order chi connectivity index (χ1) is 17.0. The van der Waals surface area contributed by atoms with E-state index in [9.17, 15) is 9.90 Å². The smallest absolute Gasteiger partial charge is 0.335 e. The van der Waals surface area contributed by atoms with E-state index in [4.69, 9.17) is 21.4 Å². The third-order valence-corrected chi connectivity index (χ3v) is 6.40. The first kappa shape index (κ1) is 22.6. The summed E-state index contributed by atoms with van der Waals surface area (Å²) >= 11 is 5.75. The van der Waals surface area contributed by atoms with Gasteiger partial charge >= 0.3 is 5.97 Å². The van der Waals surface area contributed by atoms with Crippen molar-refractivity contribution < 1.29 is 19.1 Å². The Labute approximate surface area is 208 Å². The maximum Gasteiger partial charge on any atom is 0.335 e. The quantitative estimate of drug-likeness (QED) is 0.345. The van der Waals surface area contributed by atoms with E-state index in [1.165, 1.54) is 0 Å². The third kappa shape index (κ3) is 4.61. The molecule has 1 aliphatic rings. The molecule has 3 heterocycles. The number of benzene rings is 2. The van der Waals surface area contributed by atoms with E-state index < -0.39 is 5.97 Å². The van der Waals surface area contributed by atoms with E-state index in [0.29, 0.717) is 17.4 Å². The van der Waals surface area contributed by atoms with E-state index >= 15 is 0 Å². The highest BCUT2D eigenvalue weighted by molar-refractivity contribution is 7.80. The zero-order valence-electron chi connectivity index (χ0n) is 18.9. The average Bonchev–Trinajstić information content (AvgIpc) is 3.50. The van der Waals surface area contributed by atoms with E-state index in [1.54, 1.807) is 37.6 Å². The summed E-state index contributed by atoms with van der Waals surface area (Å²) in [6, 6.07) is 23.7. The summed E-state index contributed by atoms with van der Waals surface area (Å²) in [5.74, 6) is 1.22. The molecule has 2 aromatic heterocycles. The van der Waals surface area contributed by atoms with Gasteiger partial charge in [-0.3, -0.25) is 4.98 Å². The molecule has 1 aliphatic heterocycles. The molecule has 1 fully saturated rings. The molecule has 0 spiro atoms. The van der Waals surface area contributed by atoms with E-state index in [1.807, 2.05) is 54.6 Å². The van der Waals surface area contributed by atoms with Gasteiger partial charge in [-0.15, -0.1) is 0 Å². The van der Waals surface area contributed by atoms with Crippen LogP contribution in [0, 0.1) is 0 Å². The van der Waals surface area contributed by atoms with Gasteiger partial charge in [-0.05, 0) is 66.3 Å². The second-order valence-corrected chi connectivity index (χ2v) is 8.57. The highest BCUT2D eigenvalue weighted by atomic mass is 32.1. The van der Waals surface area contributed by atoms with Crippen molar-refractivity contribution in [2.24, 2.45) is 0 Å². The lowest BCUT2D eigenvalue weighted by Crippen LogP contribution is -2.29. The molecule has 0 unspecified atom stereocenters. The number of ether oxygens (including phenoxy) is 1. The normalized spacial score (nSPS) is 17.3.